The van der Waals surface area contributed by atoms with Crippen molar-refractivity contribution in [3.63, 3.8) is 0 Å². The second-order valence-corrected chi connectivity index (χ2v) is 9.44. The highest BCUT2D eigenvalue weighted by atomic mass is 32.2. The van der Waals surface area contributed by atoms with Crippen LogP contribution in [0.5, 0.6) is 0 Å². The molecule has 31 heavy (non-hydrogen) atoms. The third-order valence-corrected chi connectivity index (χ3v) is 6.97. The molecule has 0 saturated carbocycles. The van der Waals surface area contributed by atoms with Crippen LogP contribution in [0.1, 0.15) is 23.1 Å². The quantitative estimate of drug-likeness (QED) is 0.628. The topological polar surface area (TPSA) is 89.3 Å². The molecular formula is C21H24FN5O3S. The highest BCUT2D eigenvalue weighted by molar-refractivity contribution is 7.88. The maximum absolute atomic E-state index is 13.1. The van der Waals surface area contributed by atoms with E-state index in [9.17, 15) is 12.8 Å². The zero-order chi connectivity index (χ0) is 22.0. The van der Waals surface area contributed by atoms with Gasteiger partial charge in [0.05, 0.1) is 18.1 Å². The van der Waals surface area contributed by atoms with Crippen LogP contribution in [-0.2, 0) is 27.6 Å². The maximum Gasteiger partial charge on any atom is 0.218 e. The molecule has 1 fully saturated rings. The van der Waals surface area contributed by atoms with Gasteiger partial charge in [0.25, 0.3) is 0 Å². The summed E-state index contributed by atoms with van der Waals surface area (Å²) in [5.41, 5.74) is 2.19. The molecule has 1 aliphatic rings. The number of hydrogen-bond donors (Lipinski definition) is 1. The van der Waals surface area contributed by atoms with Crippen molar-refractivity contribution >= 4 is 21.7 Å². The molecule has 8 nitrogen and oxygen atoms in total. The minimum Gasteiger partial charge on any atom is -0.369 e. The van der Waals surface area contributed by atoms with Gasteiger partial charge in [-0.2, -0.15) is 9.40 Å². The Bertz CT molecular complexity index is 1140. The first kappa shape index (κ1) is 21.4. The number of aromatic nitrogens is 3. The molecule has 10 heteroatoms. The van der Waals surface area contributed by atoms with E-state index < -0.39 is 21.9 Å². The number of rotatable bonds is 6. The first-order valence-electron chi connectivity index (χ1n) is 9.89. The predicted octanol–water partition coefficient (Wildman–Crippen LogP) is 2.91. The van der Waals surface area contributed by atoms with E-state index in [1.165, 1.54) is 28.6 Å². The number of pyridine rings is 1. The average molecular weight is 446 g/mol. The van der Waals surface area contributed by atoms with Crippen LogP contribution in [0.3, 0.4) is 0 Å². The van der Waals surface area contributed by atoms with Crippen LogP contribution in [0, 0.1) is 12.7 Å². The van der Waals surface area contributed by atoms with Crippen molar-refractivity contribution in [3.05, 3.63) is 71.3 Å². The molecule has 1 aliphatic heterocycles. The number of aryl methyl sites for hydroxylation is 2. The summed E-state index contributed by atoms with van der Waals surface area (Å²) < 4.78 is 47.9. The zero-order valence-electron chi connectivity index (χ0n) is 17.3. The normalized spacial score (nSPS) is 17.6. The van der Waals surface area contributed by atoms with Gasteiger partial charge in [-0.05, 0) is 36.8 Å². The van der Waals surface area contributed by atoms with E-state index in [0.29, 0.717) is 22.9 Å². The highest BCUT2D eigenvalue weighted by Crippen LogP contribution is 2.25. The number of benzene rings is 1. The Kier molecular flexibility index (Phi) is 6.03. The number of anilines is 2. The smallest absolute Gasteiger partial charge is 0.218 e. The Morgan fingerprint density at radius 3 is 2.68 bits per heavy atom. The van der Waals surface area contributed by atoms with E-state index in [-0.39, 0.29) is 25.4 Å². The fraction of sp³-hybridized carbons (Fsp3) is 0.333. The van der Waals surface area contributed by atoms with E-state index in [2.05, 4.69) is 15.4 Å². The van der Waals surface area contributed by atoms with Gasteiger partial charge < -0.3 is 10.1 Å². The monoisotopic (exact) mass is 445 g/mol. The van der Waals surface area contributed by atoms with Gasteiger partial charge >= 0.3 is 0 Å². The lowest BCUT2D eigenvalue weighted by molar-refractivity contribution is -0.00490. The number of nitrogens with one attached hydrogen (secondary N) is 1. The van der Waals surface area contributed by atoms with Crippen molar-refractivity contribution in [2.45, 2.75) is 18.8 Å². The van der Waals surface area contributed by atoms with Crippen LogP contribution >= 0.6 is 0 Å². The van der Waals surface area contributed by atoms with Gasteiger partial charge in [-0.25, -0.2) is 17.8 Å². The standard InChI is InChI=1S/C21H24FN5O3S/c1-15-12-21(25-26(15)2)24-20-5-3-4-18(23-20)19-13-27(10-11-30-19)31(28,29)14-16-6-8-17(22)9-7-16/h3-9,12,19H,10-11,13-14H2,1-2H3,(H,23,24,25). The summed E-state index contributed by atoms with van der Waals surface area (Å²) in [4.78, 5) is 4.59. The fourth-order valence-corrected chi connectivity index (χ4v) is 4.90. The lowest BCUT2D eigenvalue weighted by Crippen LogP contribution is -2.42. The van der Waals surface area contributed by atoms with E-state index in [4.69, 9.17) is 4.74 Å². The van der Waals surface area contributed by atoms with Gasteiger partial charge in [-0.3, -0.25) is 4.68 Å². The molecule has 1 unspecified atom stereocenters. The molecule has 0 bridgehead atoms. The summed E-state index contributed by atoms with van der Waals surface area (Å²) in [5.74, 6) is 0.699. The van der Waals surface area contributed by atoms with Crippen molar-refractivity contribution in [1.82, 2.24) is 19.1 Å². The van der Waals surface area contributed by atoms with Crippen LogP contribution in [0.15, 0.2) is 48.5 Å². The number of sulfonamides is 1. The van der Waals surface area contributed by atoms with Crippen molar-refractivity contribution in [2.24, 2.45) is 7.05 Å². The van der Waals surface area contributed by atoms with Crippen LogP contribution in [-0.4, -0.2) is 47.2 Å². The molecule has 0 spiro atoms. The summed E-state index contributed by atoms with van der Waals surface area (Å²) >= 11 is 0. The lowest BCUT2D eigenvalue weighted by Gasteiger charge is -2.32. The number of ether oxygens (including phenoxy) is 1. The summed E-state index contributed by atoms with van der Waals surface area (Å²) in [7, 11) is -1.71. The van der Waals surface area contributed by atoms with Gasteiger partial charge in [0, 0.05) is 31.9 Å². The third kappa shape index (κ3) is 5.09. The van der Waals surface area contributed by atoms with E-state index in [1.54, 1.807) is 4.68 Å². The second kappa shape index (κ2) is 8.74. The molecule has 1 saturated heterocycles. The zero-order valence-corrected chi connectivity index (χ0v) is 18.1. The molecular weight excluding hydrogens is 421 g/mol. The predicted molar refractivity (Wildman–Crippen MR) is 115 cm³/mol. The average Bonchev–Trinajstić information content (AvgIpc) is 3.06. The Morgan fingerprint density at radius 1 is 1.19 bits per heavy atom. The summed E-state index contributed by atoms with van der Waals surface area (Å²) in [6.07, 6.45) is -0.482. The van der Waals surface area contributed by atoms with Gasteiger partial charge in [-0.15, -0.1) is 0 Å². The summed E-state index contributed by atoms with van der Waals surface area (Å²) in [5, 5.41) is 7.52. The van der Waals surface area contributed by atoms with Gasteiger partial charge in [-0.1, -0.05) is 18.2 Å². The van der Waals surface area contributed by atoms with Crippen molar-refractivity contribution in [2.75, 3.05) is 25.0 Å². The molecule has 2 aromatic heterocycles. The molecule has 4 rings (SSSR count). The van der Waals surface area contributed by atoms with Crippen molar-refractivity contribution in [1.29, 1.82) is 0 Å². The molecule has 164 valence electrons. The Morgan fingerprint density at radius 2 is 1.97 bits per heavy atom. The second-order valence-electron chi connectivity index (χ2n) is 7.47. The maximum atomic E-state index is 13.1. The first-order valence-corrected chi connectivity index (χ1v) is 11.5. The number of morpholine rings is 1. The Labute approximate surface area is 180 Å². The SMILES string of the molecule is Cc1cc(Nc2cccc(C3CN(S(=O)(=O)Cc4ccc(F)cc4)CCO3)n2)nn1C. The number of hydrogen-bond acceptors (Lipinski definition) is 6. The molecule has 3 aromatic rings. The van der Waals surface area contributed by atoms with Gasteiger partial charge in [0.15, 0.2) is 5.82 Å². The molecule has 0 radical (unpaired) electrons. The van der Waals surface area contributed by atoms with Crippen LogP contribution in [0.25, 0.3) is 0 Å². The highest BCUT2D eigenvalue weighted by Gasteiger charge is 2.31. The molecule has 1 aromatic carbocycles. The number of nitrogens with zero attached hydrogens (tertiary/aromatic N) is 4. The van der Waals surface area contributed by atoms with E-state index in [1.807, 2.05) is 38.2 Å². The summed E-state index contributed by atoms with van der Waals surface area (Å²) in [6.45, 7) is 2.67. The molecule has 1 N–H and O–H groups in total. The van der Waals surface area contributed by atoms with E-state index >= 15 is 0 Å². The minimum absolute atomic E-state index is 0.169. The minimum atomic E-state index is -3.58. The Balaban J connectivity index is 1.47. The molecule has 1 atom stereocenters. The van der Waals surface area contributed by atoms with Crippen LogP contribution in [0.2, 0.25) is 0 Å². The van der Waals surface area contributed by atoms with Crippen molar-refractivity contribution < 1.29 is 17.5 Å². The Hall–Kier alpha value is -2.82. The molecule has 0 aliphatic carbocycles. The van der Waals surface area contributed by atoms with Gasteiger partial charge in [0.1, 0.15) is 17.7 Å². The molecule has 0 amide bonds. The first-order chi connectivity index (χ1) is 14.8. The molecule has 3 heterocycles. The van der Waals surface area contributed by atoms with Crippen LogP contribution in [0.4, 0.5) is 16.0 Å². The lowest BCUT2D eigenvalue weighted by atomic mass is 10.2. The van der Waals surface area contributed by atoms with Crippen molar-refractivity contribution in [3.8, 4) is 0 Å². The third-order valence-electron chi connectivity index (χ3n) is 5.16. The summed E-state index contributed by atoms with van der Waals surface area (Å²) in [6, 6.07) is 12.9. The fourth-order valence-electron chi connectivity index (χ4n) is 3.39. The largest absolute Gasteiger partial charge is 0.369 e. The van der Waals surface area contributed by atoms with Crippen LogP contribution < -0.4 is 5.32 Å². The number of halogens is 1. The van der Waals surface area contributed by atoms with E-state index in [0.717, 1.165) is 5.69 Å². The van der Waals surface area contributed by atoms with Gasteiger partial charge in [0.2, 0.25) is 10.0 Å².